The molecule has 3 aliphatic heterocycles. The Kier molecular flexibility index (Phi) is 29.0. The monoisotopic (exact) mass is 1690 g/mol. The van der Waals surface area contributed by atoms with Gasteiger partial charge in [0.2, 0.25) is 0 Å². The smallest absolute Gasteiger partial charge is 0.410 e. The molecule has 7 aliphatic rings. The van der Waals surface area contributed by atoms with Crippen LogP contribution in [0.3, 0.4) is 0 Å². The van der Waals surface area contributed by atoms with Gasteiger partial charge in [0.1, 0.15) is 0 Å². The molecule has 3 aromatic carbocycles. The minimum Gasteiger partial charge on any atom is -0.447 e. The third-order valence-corrected chi connectivity index (χ3v) is 23.6. The summed E-state index contributed by atoms with van der Waals surface area (Å²) in [5.41, 5.74) is 31.0. The van der Waals surface area contributed by atoms with Crippen molar-refractivity contribution in [1.29, 1.82) is 0 Å². The van der Waals surface area contributed by atoms with Crippen molar-refractivity contribution in [3.8, 4) is 0 Å². The summed E-state index contributed by atoms with van der Waals surface area (Å²) in [6.45, 7) is 21.2. The van der Waals surface area contributed by atoms with Crippen LogP contribution in [0.25, 0.3) is 34.9 Å². The van der Waals surface area contributed by atoms with E-state index >= 15 is 0 Å². The summed E-state index contributed by atoms with van der Waals surface area (Å²) >= 11 is 19.7. The molecule has 29 heteroatoms. The third kappa shape index (κ3) is 20.2. The second-order valence-corrected chi connectivity index (χ2v) is 34.2. The summed E-state index contributed by atoms with van der Waals surface area (Å²) in [5.74, 6) is 0. The molecule has 6 atom stereocenters. The van der Waals surface area contributed by atoms with Gasteiger partial charge < -0.3 is 65.3 Å². The number of rotatable bonds is 13. The lowest BCUT2D eigenvalue weighted by Gasteiger charge is -2.40. The number of carbonyl (C=O) groups is 4. The Morgan fingerprint density at radius 1 is 0.475 bits per heavy atom. The highest BCUT2D eigenvalue weighted by molar-refractivity contribution is 6.31. The van der Waals surface area contributed by atoms with Crippen LogP contribution in [0.2, 0.25) is 15.1 Å². The van der Waals surface area contributed by atoms with Crippen LogP contribution in [0.4, 0.5) is 19.2 Å². The fraction of sp³-hybridized carbons (Fsp3) is 0.429. The Morgan fingerprint density at radius 3 is 1.22 bits per heavy atom. The van der Waals surface area contributed by atoms with E-state index in [9.17, 15) is 19.2 Å². The van der Waals surface area contributed by atoms with Gasteiger partial charge in [-0.15, -0.1) is 0 Å². The quantitative estimate of drug-likeness (QED) is 0.0717. The standard InChI is InChI=1S/C31H37ClN6O4.C30H36ClN7O.C28H34ClN7O.2CH4/c1-19(2)41-30(39)35-28(26-17-33-18-36(26)5)25-15-21-7-6-10-34-27(21)29(23-9-8-22(32)16-24(23)25)37-11-13-38(14-12-37)31(40)42-20(3)4;1-36-19-33-18-26(36)27(32)25-16-20-6-5-11-34-28(20)29(23-10-9-21(31)17-24(23)25)37-12-14-38(15-13-37)30(39)35-22-7-3-2-4-8-22;1-28(2,3)33-27(37)36-12-10-35(11-13-36)26-20-8-7-19(29)15-21(20)22(14-18-6-5-9-32-25(18)26)24(30)23-16-31-17-34(23)4;;/h6-10,15-20,28-29H,11-14H2,1-5H3,(H,35,39);5-6,9-11,16-19,22,27,29H,2-4,7-8,12-15,32H2,1H3,(H,35,39);5-9,14-17,24,26H,10-13,30H2,1-4H3,(H,33,37);2*1H4/t28?,29-;27?,29-;24?,26-;;/m000../s1. The van der Waals surface area contributed by atoms with E-state index in [2.05, 4.69) is 88.1 Å². The molecule has 0 spiro atoms. The van der Waals surface area contributed by atoms with E-state index in [1.54, 1.807) is 36.3 Å². The number of piperazine rings is 3. The van der Waals surface area contributed by atoms with E-state index in [0.717, 1.165) is 140 Å². The molecule has 1 saturated carbocycles. The minimum absolute atomic E-state index is 0. The van der Waals surface area contributed by atoms with Crippen LogP contribution in [-0.2, 0) is 30.6 Å². The normalized spacial score (nSPS) is 18.8. The number of pyridine rings is 3. The lowest BCUT2D eigenvalue weighted by molar-refractivity contribution is 0.0512. The number of nitrogens with zero attached hydrogens (tertiary/aromatic N) is 15. The first kappa shape index (κ1) is 89.0. The van der Waals surface area contributed by atoms with Crippen molar-refractivity contribution in [2.75, 3.05) is 78.5 Å². The van der Waals surface area contributed by atoms with Crippen molar-refractivity contribution in [2.24, 2.45) is 32.6 Å². The summed E-state index contributed by atoms with van der Waals surface area (Å²) in [4.78, 5) is 91.8. The summed E-state index contributed by atoms with van der Waals surface area (Å²) < 4.78 is 16.7. The largest absolute Gasteiger partial charge is 0.447 e. The molecule has 6 amide bonds. The van der Waals surface area contributed by atoms with E-state index in [0.29, 0.717) is 73.5 Å². The van der Waals surface area contributed by atoms with Gasteiger partial charge in [-0.1, -0.05) is 105 Å². The number of aromatic nitrogens is 9. The van der Waals surface area contributed by atoms with Crippen LogP contribution in [0, 0.1) is 0 Å². The van der Waals surface area contributed by atoms with Crippen molar-refractivity contribution in [3.05, 3.63) is 246 Å². The van der Waals surface area contributed by atoms with Gasteiger partial charge in [-0.2, -0.15) is 0 Å². The number of urea groups is 2. The van der Waals surface area contributed by atoms with Crippen LogP contribution in [-0.4, -0.2) is 200 Å². The van der Waals surface area contributed by atoms with Gasteiger partial charge in [0.05, 0.1) is 120 Å². The zero-order valence-corrected chi connectivity index (χ0v) is 71.0. The fourth-order valence-corrected chi connectivity index (χ4v) is 17.6. The van der Waals surface area contributed by atoms with E-state index in [-0.39, 0.29) is 74.9 Å². The van der Waals surface area contributed by atoms with Gasteiger partial charge in [-0.3, -0.25) is 29.7 Å². The Hall–Kier alpha value is -10.3. The highest BCUT2D eigenvalue weighted by atomic mass is 35.5. The Labute approximate surface area is 720 Å². The predicted octanol–water partition coefficient (Wildman–Crippen LogP) is 15.7. The molecule has 3 unspecified atom stereocenters. The van der Waals surface area contributed by atoms with Gasteiger partial charge in [0, 0.05) is 145 Å². The number of ether oxygens (including phenoxy) is 2. The van der Waals surface area contributed by atoms with Crippen LogP contribution in [0.15, 0.2) is 147 Å². The highest BCUT2D eigenvalue weighted by Crippen LogP contribution is 2.48. The SMILES string of the molecule is C.C.CC(C)OC(=O)NC(C1=Cc2cccnc2[C@@H](N2CCN(C(=O)OC(C)C)CC2)c2ccc(Cl)cc21)c1cncn1C.Cn1cncc1C(N)C1=Cc2cccnc2[C@@H](N2CCN(C(=O)NC(C)(C)C)CC2)c2ccc(Cl)cc21.Cn1cncc1C(N)C1=Cc2cccnc2[C@@H](N2CCN(C(=O)NC3CCCCC3)CC2)c2ccc(Cl)cc21. The number of hydrogen-bond acceptors (Lipinski definition) is 17. The molecule has 636 valence electrons. The Bertz CT molecular complexity index is 5190. The number of amides is 6. The van der Waals surface area contributed by atoms with Crippen LogP contribution in [0.1, 0.15) is 216 Å². The number of hydrogen-bond donors (Lipinski definition) is 5. The summed E-state index contributed by atoms with van der Waals surface area (Å²) in [7, 11) is 5.80. The summed E-state index contributed by atoms with van der Waals surface area (Å²) in [5, 5.41) is 11.3. The number of benzene rings is 3. The number of carbonyl (C=O) groups excluding carboxylic acids is 4. The molecule has 26 nitrogen and oxygen atoms in total. The number of aryl methyl sites for hydroxylation is 3. The molecule has 120 heavy (non-hydrogen) atoms. The van der Waals surface area contributed by atoms with Crippen LogP contribution in [0.5, 0.6) is 0 Å². The first-order chi connectivity index (χ1) is 56.7. The number of nitrogens with one attached hydrogen (secondary N) is 3. The molecular formula is C91H115Cl3N20O6. The van der Waals surface area contributed by atoms with E-state index < -0.39 is 18.2 Å². The first-order valence-corrected chi connectivity index (χ1v) is 41.9. The third-order valence-electron chi connectivity index (χ3n) is 22.9. The molecule has 9 heterocycles. The Morgan fingerprint density at radius 2 is 0.842 bits per heavy atom. The first-order valence-electron chi connectivity index (χ1n) is 40.8. The van der Waals surface area contributed by atoms with E-state index in [1.807, 2.05) is 185 Å². The van der Waals surface area contributed by atoms with Crippen molar-refractivity contribution < 1.29 is 28.7 Å². The maximum Gasteiger partial charge on any atom is 0.410 e. The zero-order valence-electron chi connectivity index (χ0n) is 68.8. The van der Waals surface area contributed by atoms with Crippen LogP contribution >= 0.6 is 34.8 Å². The topological polar surface area (TPSA) is 286 Å². The number of fused-ring (bicyclic) bond motifs is 6. The number of halogens is 3. The lowest BCUT2D eigenvalue weighted by atomic mass is 9.90. The van der Waals surface area contributed by atoms with Gasteiger partial charge in [0.25, 0.3) is 0 Å². The minimum atomic E-state index is -0.588. The molecule has 0 bridgehead atoms. The van der Waals surface area contributed by atoms with Gasteiger partial charge in [0.15, 0.2) is 0 Å². The molecule has 9 aromatic rings. The number of nitrogens with two attached hydrogens (primary N) is 2. The number of imidazole rings is 3. The van der Waals surface area contributed by atoms with Gasteiger partial charge >= 0.3 is 24.2 Å². The van der Waals surface area contributed by atoms with Gasteiger partial charge in [-0.25, -0.2) is 34.1 Å². The molecule has 4 fully saturated rings. The lowest BCUT2D eigenvalue weighted by Crippen LogP contribution is -2.55. The maximum atomic E-state index is 13.0. The van der Waals surface area contributed by atoms with Crippen molar-refractivity contribution >= 4 is 94.0 Å². The molecule has 7 N–H and O–H groups in total. The summed E-state index contributed by atoms with van der Waals surface area (Å²) in [6.07, 6.45) is 27.1. The Balaban J connectivity index is 0.000000164. The van der Waals surface area contributed by atoms with Crippen molar-refractivity contribution in [1.82, 2.24) is 89.0 Å². The zero-order chi connectivity index (χ0) is 83.2. The number of alkyl carbamates (subject to hydrolysis) is 1. The summed E-state index contributed by atoms with van der Waals surface area (Å²) in [6, 6.07) is 28.6. The maximum absolute atomic E-state index is 13.0. The van der Waals surface area contributed by atoms with Gasteiger partial charge in [-0.05, 0) is 201 Å². The second kappa shape index (κ2) is 39.1. The molecule has 6 aromatic heterocycles. The average molecular weight is 1690 g/mol. The average Bonchev–Trinajstić information content (AvgIpc) is 1.61. The molecule has 3 saturated heterocycles. The van der Waals surface area contributed by atoms with E-state index in [4.69, 9.17) is 70.7 Å². The fourth-order valence-electron chi connectivity index (χ4n) is 17.1. The molecule has 0 radical (unpaired) electrons. The molecule has 16 rings (SSSR count). The second-order valence-electron chi connectivity index (χ2n) is 32.9. The van der Waals surface area contributed by atoms with Crippen LogP contribution < -0.4 is 27.4 Å². The predicted molar refractivity (Wildman–Crippen MR) is 475 cm³/mol. The highest BCUT2D eigenvalue weighted by Gasteiger charge is 2.41. The van der Waals surface area contributed by atoms with E-state index in [1.165, 1.54) is 19.3 Å². The van der Waals surface area contributed by atoms with Crippen molar-refractivity contribution in [2.45, 2.75) is 155 Å². The molecular weight excluding hydrogens is 1580 g/mol. The van der Waals surface area contributed by atoms with Crippen molar-refractivity contribution in [3.63, 3.8) is 0 Å². The molecule has 4 aliphatic carbocycles.